The van der Waals surface area contributed by atoms with Gasteiger partial charge in [-0.15, -0.1) is 0 Å². The molecular formula is C19H15ClN4O3. The summed E-state index contributed by atoms with van der Waals surface area (Å²) in [4.78, 5) is 31.1. The van der Waals surface area contributed by atoms with Crippen molar-refractivity contribution in [3.8, 4) is 11.4 Å². The summed E-state index contributed by atoms with van der Waals surface area (Å²) in [5.74, 6) is 0.164. The summed E-state index contributed by atoms with van der Waals surface area (Å²) < 4.78 is 0. The molecule has 3 rings (SSSR count). The van der Waals surface area contributed by atoms with Crippen LogP contribution in [0.15, 0.2) is 60.9 Å². The van der Waals surface area contributed by atoms with E-state index in [-0.39, 0.29) is 16.3 Å². The Hall–Kier alpha value is -3.32. The van der Waals surface area contributed by atoms with Crippen LogP contribution >= 0.6 is 11.6 Å². The van der Waals surface area contributed by atoms with Gasteiger partial charge >= 0.3 is 0 Å². The van der Waals surface area contributed by atoms with Crippen molar-refractivity contribution < 1.29 is 9.72 Å². The predicted molar refractivity (Wildman–Crippen MR) is 102 cm³/mol. The number of nitro benzene ring substituents is 1. The third-order valence-electron chi connectivity index (χ3n) is 3.84. The minimum Gasteiger partial charge on any atom is -0.352 e. The molecule has 0 saturated heterocycles. The zero-order valence-corrected chi connectivity index (χ0v) is 14.9. The first-order valence-corrected chi connectivity index (χ1v) is 8.51. The molecule has 7 nitrogen and oxygen atoms in total. The molecule has 0 aliphatic heterocycles. The standard InChI is InChI=1S/C19H15ClN4O3/c20-17-7-6-15(24(26)27)10-16(17)19(25)21-9-8-13-11-22-18(23-12-13)14-4-2-1-3-5-14/h1-7,10-12H,8-9H2,(H,21,25). The molecule has 1 aromatic heterocycles. The molecule has 0 spiro atoms. The summed E-state index contributed by atoms with van der Waals surface area (Å²) in [5.41, 5.74) is 1.67. The molecule has 8 heteroatoms. The smallest absolute Gasteiger partial charge is 0.270 e. The van der Waals surface area contributed by atoms with Crippen LogP contribution in [-0.4, -0.2) is 27.3 Å². The second kappa shape index (κ2) is 8.37. The zero-order chi connectivity index (χ0) is 19.2. The Morgan fingerprint density at radius 2 is 1.81 bits per heavy atom. The summed E-state index contributed by atoms with van der Waals surface area (Å²) in [5, 5.41) is 13.7. The second-order valence-electron chi connectivity index (χ2n) is 5.71. The van der Waals surface area contributed by atoms with E-state index in [1.165, 1.54) is 12.1 Å². The van der Waals surface area contributed by atoms with E-state index in [1.54, 1.807) is 12.4 Å². The lowest BCUT2D eigenvalue weighted by atomic mass is 10.1. The summed E-state index contributed by atoms with van der Waals surface area (Å²) in [6.07, 6.45) is 3.94. The van der Waals surface area contributed by atoms with Gasteiger partial charge in [0.1, 0.15) is 0 Å². The maximum absolute atomic E-state index is 12.2. The Kier molecular flexibility index (Phi) is 5.73. The van der Waals surface area contributed by atoms with Crippen LogP contribution < -0.4 is 5.32 Å². The minimum atomic E-state index is -0.571. The molecule has 27 heavy (non-hydrogen) atoms. The highest BCUT2D eigenvalue weighted by Gasteiger charge is 2.15. The van der Waals surface area contributed by atoms with Gasteiger partial charge in [-0.25, -0.2) is 9.97 Å². The van der Waals surface area contributed by atoms with Crippen molar-refractivity contribution in [2.75, 3.05) is 6.54 Å². The summed E-state index contributed by atoms with van der Waals surface area (Å²) in [7, 11) is 0. The predicted octanol–water partition coefficient (Wildman–Crippen LogP) is 3.68. The summed E-state index contributed by atoms with van der Waals surface area (Å²) >= 11 is 5.96. The first-order valence-electron chi connectivity index (χ1n) is 8.13. The quantitative estimate of drug-likeness (QED) is 0.518. The molecule has 1 amide bonds. The molecule has 0 aliphatic rings. The fourth-order valence-corrected chi connectivity index (χ4v) is 2.64. The Morgan fingerprint density at radius 3 is 2.48 bits per heavy atom. The summed E-state index contributed by atoms with van der Waals surface area (Å²) in [6, 6.07) is 13.4. The molecule has 0 unspecified atom stereocenters. The fourth-order valence-electron chi connectivity index (χ4n) is 2.44. The highest BCUT2D eigenvalue weighted by Crippen LogP contribution is 2.22. The molecule has 0 saturated carbocycles. The number of nitrogens with zero attached hydrogens (tertiary/aromatic N) is 3. The number of nitrogens with one attached hydrogen (secondary N) is 1. The van der Waals surface area contributed by atoms with Gasteiger partial charge in [-0.3, -0.25) is 14.9 Å². The van der Waals surface area contributed by atoms with Gasteiger partial charge in [-0.2, -0.15) is 0 Å². The molecule has 3 aromatic rings. The second-order valence-corrected chi connectivity index (χ2v) is 6.12. The van der Waals surface area contributed by atoms with Crippen LogP contribution in [0.25, 0.3) is 11.4 Å². The normalized spacial score (nSPS) is 10.4. The van der Waals surface area contributed by atoms with Crippen molar-refractivity contribution >= 4 is 23.2 Å². The van der Waals surface area contributed by atoms with Gasteiger partial charge in [-0.1, -0.05) is 41.9 Å². The highest BCUT2D eigenvalue weighted by molar-refractivity contribution is 6.33. The molecule has 1 heterocycles. The minimum absolute atomic E-state index is 0.0709. The van der Waals surface area contributed by atoms with E-state index in [2.05, 4.69) is 15.3 Å². The van der Waals surface area contributed by atoms with E-state index in [0.717, 1.165) is 17.2 Å². The number of aromatic nitrogens is 2. The monoisotopic (exact) mass is 382 g/mol. The zero-order valence-electron chi connectivity index (χ0n) is 14.1. The van der Waals surface area contributed by atoms with Gasteiger partial charge in [0, 0.05) is 36.6 Å². The Balaban J connectivity index is 1.59. The molecule has 0 radical (unpaired) electrons. The number of carbonyl (C=O) groups is 1. The fraction of sp³-hybridized carbons (Fsp3) is 0.105. The van der Waals surface area contributed by atoms with Crippen molar-refractivity contribution in [1.29, 1.82) is 0 Å². The number of carbonyl (C=O) groups excluding carboxylic acids is 1. The lowest BCUT2D eigenvalue weighted by molar-refractivity contribution is -0.384. The number of halogens is 1. The van der Waals surface area contributed by atoms with Gasteiger partial charge in [0.25, 0.3) is 11.6 Å². The van der Waals surface area contributed by atoms with Crippen LogP contribution in [0.1, 0.15) is 15.9 Å². The molecule has 136 valence electrons. The Morgan fingerprint density at radius 1 is 1.11 bits per heavy atom. The van der Waals surface area contributed by atoms with Crippen molar-refractivity contribution in [1.82, 2.24) is 15.3 Å². The highest BCUT2D eigenvalue weighted by atomic mass is 35.5. The lowest BCUT2D eigenvalue weighted by Gasteiger charge is -2.07. The first kappa shape index (κ1) is 18.5. The van der Waals surface area contributed by atoms with E-state index >= 15 is 0 Å². The van der Waals surface area contributed by atoms with Gasteiger partial charge < -0.3 is 5.32 Å². The van der Waals surface area contributed by atoms with Crippen LogP contribution in [0.3, 0.4) is 0 Å². The van der Waals surface area contributed by atoms with Gasteiger partial charge in [0.2, 0.25) is 0 Å². The molecule has 1 N–H and O–H groups in total. The number of amides is 1. The molecule has 0 fully saturated rings. The van der Waals surface area contributed by atoms with Crippen LogP contribution in [0.5, 0.6) is 0 Å². The van der Waals surface area contributed by atoms with Gasteiger partial charge in [-0.05, 0) is 18.1 Å². The van der Waals surface area contributed by atoms with Crippen LogP contribution in [0.4, 0.5) is 5.69 Å². The Bertz CT molecular complexity index is 962. The molecule has 0 aliphatic carbocycles. The number of benzene rings is 2. The lowest BCUT2D eigenvalue weighted by Crippen LogP contribution is -2.26. The van der Waals surface area contributed by atoms with E-state index in [0.29, 0.717) is 18.8 Å². The SMILES string of the molecule is O=C(NCCc1cnc(-c2ccccc2)nc1)c1cc([N+](=O)[O-])ccc1Cl. The molecular weight excluding hydrogens is 368 g/mol. The third kappa shape index (κ3) is 4.65. The van der Waals surface area contributed by atoms with Crippen LogP contribution in [-0.2, 0) is 6.42 Å². The molecule has 0 bridgehead atoms. The number of rotatable bonds is 6. The van der Waals surface area contributed by atoms with E-state index in [4.69, 9.17) is 11.6 Å². The van der Waals surface area contributed by atoms with Crippen molar-refractivity contribution in [2.45, 2.75) is 6.42 Å². The maximum atomic E-state index is 12.2. The third-order valence-corrected chi connectivity index (χ3v) is 4.17. The van der Waals surface area contributed by atoms with Crippen LogP contribution in [0.2, 0.25) is 5.02 Å². The largest absolute Gasteiger partial charge is 0.352 e. The average molecular weight is 383 g/mol. The van der Waals surface area contributed by atoms with Crippen LogP contribution in [0, 0.1) is 10.1 Å². The maximum Gasteiger partial charge on any atom is 0.270 e. The van der Waals surface area contributed by atoms with Gasteiger partial charge in [0.05, 0.1) is 15.5 Å². The van der Waals surface area contributed by atoms with Crippen molar-refractivity contribution in [3.63, 3.8) is 0 Å². The Labute approximate surface area is 160 Å². The number of hydrogen-bond acceptors (Lipinski definition) is 5. The number of hydrogen-bond donors (Lipinski definition) is 1. The van der Waals surface area contributed by atoms with E-state index in [9.17, 15) is 14.9 Å². The molecule has 2 aromatic carbocycles. The van der Waals surface area contributed by atoms with Gasteiger partial charge in [0.15, 0.2) is 5.82 Å². The average Bonchev–Trinajstić information content (AvgIpc) is 2.69. The summed E-state index contributed by atoms with van der Waals surface area (Å²) in [6.45, 7) is 0.325. The van der Waals surface area contributed by atoms with Crippen molar-refractivity contribution in [3.05, 3.63) is 87.2 Å². The van der Waals surface area contributed by atoms with E-state index < -0.39 is 10.8 Å². The topological polar surface area (TPSA) is 98.0 Å². The number of non-ortho nitro benzene ring substituents is 1. The number of nitro groups is 1. The van der Waals surface area contributed by atoms with Crippen molar-refractivity contribution in [2.24, 2.45) is 0 Å². The molecule has 0 atom stereocenters. The first-order chi connectivity index (χ1) is 13.0. The van der Waals surface area contributed by atoms with E-state index in [1.807, 2.05) is 30.3 Å².